The normalized spacial score (nSPS) is 27.7. The highest BCUT2D eigenvalue weighted by molar-refractivity contribution is 7.99. The Morgan fingerprint density at radius 2 is 1.80 bits per heavy atom. The van der Waals surface area contributed by atoms with Gasteiger partial charge in [0.2, 0.25) is 0 Å². The number of esters is 1. The Hall–Kier alpha value is -0.903. The second kappa shape index (κ2) is 10.6. The molecule has 2 rings (SSSR count). The van der Waals surface area contributed by atoms with Gasteiger partial charge in [-0.3, -0.25) is 4.79 Å². The number of ether oxygens (including phenoxy) is 3. The molecule has 30 heavy (non-hydrogen) atoms. The molecular formula is C22H36O6SSi. The first kappa shape index (κ1) is 25.4. The third kappa shape index (κ3) is 6.31. The molecule has 0 bridgehead atoms. The van der Waals surface area contributed by atoms with Crippen LogP contribution >= 0.6 is 11.8 Å². The van der Waals surface area contributed by atoms with Crippen molar-refractivity contribution in [3.63, 3.8) is 0 Å². The summed E-state index contributed by atoms with van der Waals surface area (Å²) in [6.07, 6.45) is -0.499. The zero-order chi connectivity index (χ0) is 22.5. The highest BCUT2D eigenvalue weighted by Gasteiger charge is 2.52. The fraction of sp³-hybridized carbons (Fsp3) is 0.682. The topological polar surface area (TPSA) is 74.2 Å². The molecule has 0 saturated carbocycles. The fourth-order valence-electron chi connectivity index (χ4n) is 3.15. The molecule has 1 N–H and O–H groups in total. The lowest BCUT2D eigenvalue weighted by atomic mass is 9.99. The largest absolute Gasteiger partial charge is 0.457 e. The van der Waals surface area contributed by atoms with Crippen LogP contribution in [0, 0.1) is 0 Å². The zero-order valence-corrected chi connectivity index (χ0v) is 20.9. The first-order valence-corrected chi connectivity index (χ1v) is 14.5. The average Bonchev–Trinajstić information content (AvgIpc) is 2.67. The number of benzene rings is 1. The van der Waals surface area contributed by atoms with Crippen molar-refractivity contribution < 1.29 is 28.5 Å². The quantitative estimate of drug-likeness (QED) is 0.468. The highest BCUT2D eigenvalue weighted by Crippen LogP contribution is 2.41. The van der Waals surface area contributed by atoms with Gasteiger partial charge in [0, 0.05) is 6.92 Å². The summed E-state index contributed by atoms with van der Waals surface area (Å²) in [6, 6.07) is 9.75. The first-order chi connectivity index (χ1) is 14.0. The highest BCUT2D eigenvalue weighted by atomic mass is 32.2. The molecule has 1 heterocycles. The number of carbonyl (C=O) groups is 1. The first-order valence-electron chi connectivity index (χ1n) is 10.3. The van der Waals surface area contributed by atoms with Crippen molar-refractivity contribution in [2.24, 2.45) is 0 Å². The van der Waals surface area contributed by atoms with E-state index in [0.717, 1.165) is 5.56 Å². The van der Waals surface area contributed by atoms with E-state index in [4.69, 9.17) is 18.6 Å². The predicted molar refractivity (Wildman–Crippen MR) is 122 cm³/mol. The summed E-state index contributed by atoms with van der Waals surface area (Å²) in [6.45, 7) is 12.3. The lowest BCUT2D eigenvalue weighted by Crippen LogP contribution is -2.63. The minimum absolute atomic E-state index is 0.0229. The Bertz CT molecular complexity index is 678. The molecule has 0 aliphatic carbocycles. The van der Waals surface area contributed by atoms with Crippen LogP contribution in [0.2, 0.25) is 18.1 Å². The molecule has 170 valence electrons. The van der Waals surface area contributed by atoms with Gasteiger partial charge in [0.15, 0.2) is 14.4 Å². The molecule has 8 heteroatoms. The molecule has 0 amide bonds. The Morgan fingerprint density at radius 3 is 2.30 bits per heavy atom. The molecule has 0 unspecified atom stereocenters. The minimum Gasteiger partial charge on any atom is -0.457 e. The van der Waals surface area contributed by atoms with Crippen LogP contribution in [0.25, 0.3) is 0 Å². The minimum atomic E-state index is -2.19. The van der Waals surface area contributed by atoms with Crippen LogP contribution in [-0.2, 0) is 30.0 Å². The number of hydrogen-bond acceptors (Lipinski definition) is 7. The van der Waals surface area contributed by atoms with E-state index in [1.165, 1.54) is 18.7 Å². The number of aliphatic hydroxyl groups excluding tert-OH is 1. The molecule has 1 aliphatic heterocycles. The van der Waals surface area contributed by atoms with Gasteiger partial charge in [-0.05, 0) is 30.0 Å². The van der Waals surface area contributed by atoms with E-state index in [9.17, 15) is 9.90 Å². The van der Waals surface area contributed by atoms with Crippen molar-refractivity contribution in [3.8, 4) is 0 Å². The average molecular weight is 457 g/mol. The summed E-state index contributed by atoms with van der Waals surface area (Å²) in [4.78, 5) is 12.0. The third-order valence-electron chi connectivity index (χ3n) is 5.83. The second-order valence-electron chi connectivity index (χ2n) is 9.14. The molecule has 0 radical (unpaired) electrons. The van der Waals surface area contributed by atoms with E-state index >= 15 is 0 Å². The van der Waals surface area contributed by atoms with Crippen molar-refractivity contribution in [2.45, 2.75) is 82.3 Å². The van der Waals surface area contributed by atoms with Gasteiger partial charge in [0.1, 0.15) is 23.7 Å². The molecule has 0 spiro atoms. The Labute approximate surface area is 185 Å². The summed E-state index contributed by atoms with van der Waals surface area (Å²) in [5, 5.41) is 9.96. The van der Waals surface area contributed by atoms with Crippen LogP contribution in [0.5, 0.6) is 0 Å². The van der Waals surface area contributed by atoms with Gasteiger partial charge in [-0.15, -0.1) is 11.8 Å². The second-order valence-corrected chi connectivity index (χ2v) is 14.8. The number of aliphatic hydroxyl groups is 1. The van der Waals surface area contributed by atoms with Gasteiger partial charge in [0.25, 0.3) is 0 Å². The maximum atomic E-state index is 12.0. The molecule has 1 aliphatic rings. The SMILES string of the molecule is CS[C@H]1O[C@H](CO)[C@@H](OCc2ccccc2)[C@H](OC(C)=O)[C@H]1O[Si](C)(C)C(C)(C)C. The van der Waals surface area contributed by atoms with Crippen molar-refractivity contribution in [1.82, 2.24) is 0 Å². The number of hydrogen-bond donors (Lipinski definition) is 1. The molecule has 1 aromatic rings. The summed E-state index contributed by atoms with van der Waals surface area (Å²) in [5.41, 5.74) is 0.613. The summed E-state index contributed by atoms with van der Waals surface area (Å²) in [5.74, 6) is -0.407. The maximum Gasteiger partial charge on any atom is 0.303 e. The number of carbonyl (C=O) groups excluding carboxylic acids is 1. The van der Waals surface area contributed by atoms with Crippen LogP contribution in [-0.4, -0.2) is 62.1 Å². The Balaban J connectivity index is 2.35. The summed E-state index contributed by atoms with van der Waals surface area (Å²) < 4.78 is 24.8. The van der Waals surface area contributed by atoms with Gasteiger partial charge < -0.3 is 23.7 Å². The van der Waals surface area contributed by atoms with Crippen molar-refractivity contribution in [2.75, 3.05) is 12.9 Å². The molecule has 1 aromatic carbocycles. The van der Waals surface area contributed by atoms with Crippen LogP contribution in [0.3, 0.4) is 0 Å². The van der Waals surface area contributed by atoms with Gasteiger partial charge in [0.05, 0.1) is 13.2 Å². The van der Waals surface area contributed by atoms with Crippen LogP contribution in [0.1, 0.15) is 33.3 Å². The molecule has 1 saturated heterocycles. The lowest BCUT2D eigenvalue weighted by Gasteiger charge is -2.49. The Morgan fingerprint density at radius 1 is 1.17 bits per heavy atom. The van der Waals surface area contributed by atoms with Gasteiger partial charge in [-0.2, -0.15) is 0 Å². The van der Waals surface area contributed by atoms with Gasteiger partial charge >= 0.3 is 5.97 Å². The van der Waals surface area contributed by atoms with Crippen molar-refractivity contribution in [3.05, 3.63) is 35.9 Å². The third-order valence-corrected chi connectivity index (χ3v) is 11.1. The van der Waals surface area contributed by atoms with E-state index in [-0.39, 0.29) is 17.1 Å². The van der Waals surface area contributed by atoms with Crippen LogP contribution in [0.4, 0.5) is 0 Å². The summed E-state index contributed by atoms with van der Waals surface area (Å²) >= 11 is 1.49. The van der Waals surface area contributed by atoms with Crippen molar-refractivity contribution >= 4 is 26.0 Å². The zero-order valence-electron chi connectivity index (χ0n) is 19.1. The maximum absolute atomic E-state index is 12.0. The molecule has 0 aromatic heterocycles. The van der Waals surface area contributed by atoms with E-state index in [1.807, 2.05) is 36.6 Å². The van der Waals surface area contributed by atoms with E-state index in [0.29, 0.717) is 6.61 Å². The summed E-state index contributed by atoms with van der Waals surface area (Å²) in [7, 11) is -2.19. The lowest BCUT2D eigenvalue weighted by molar-refractivity contribution is -0.231. The predicted octanol–water partition coefficient (Wildman–Crippen LogP) is 3.97. The fourth-order valence-corrected chi connectivity index (χ4v) is 5.27. The van der Waals surface area contributed by atoms with Crippen LogP contribution in [0.15, 0.2) is 30.3 Å². The van der Waals surface area contributed by atoms with Crippen molar-refractivity contribution in [1.29, 1.82) is 0 Å². The number of thioether (sulfide) groups is 1. The van der Waals surface area contributed by atoms with E-state index in [2.05, 4.69) is 33.9 Å². The standard InChI is InChI=1S/C22H36O6SSi/c1-15(24)26-19-18(25-14-16-11-9-8-10-12-16)17(13-23)27-21(29-5)20(19)28-30(6,7)22(2,3)4/h8-12,17-21,23H,13-14H2,1-7H3/t17-,18-,19+,20-,21-/m1/s1. The monoisotopic (exact) mass is 456 g/mol. The molecule has 6 nitrogen and oxygen atoms in total. The van der Waals surface area contributed by atoms with Gasteiger partial charge in [-0.25, -0.2) is 0 Å². The Kier molecular flexibility index (Phi) is 8.97. The molecular weight excluding hydrogens is 420 g/mol. The molecule has 5 atom stereocenters. The number of rotatable bonds is 8. The smallest absolute Gasteiger partial charge is 0.303 e. The van der Waals surface area contributed by atoms with E-state index in [1.54, 1.807) is 0 Å². The van der Waals surface area contributed by atoms with E-state index < -0.39 is 38.7 Å². The van der Waals surface area contributed by atoms with Crippen LogP contribution < -0.4 is 0 Å². The molecule has 1 fully saturated rings. The van der Waals surface area contributed by atoms with Gasteiger partial charge in [-0.1, -0.05) is 51.1 Å².